The summed E-state index contributed by atoms with van der Waals surface area (Å²) in [5.74, 6) is 0. The van der Waals surface area contributed by atoms with Gasteiger partial charge < -0.3 is 9.30 Å². The predicted molar refractivity (Wildman–Crippen MR) is 71.6 cm³/mol. The van der Waals surface area contributed by atoms with E-state index in [4.69, 9.17) is 4.74 Å². The molecular formula is C12H16INO2. The van der Waals surface area contributed by atoms with Crippen LogP contribution in [0.4, 0.5) is 0 Å². The third kappa shape index (κ3) is 2.85. The first-order valence-corrected chi connectivity index (χ1v) is 6.58. The Hall–Kier alpha value is -0.360. The van der Waals surface area contributed by atoms with Gasteiger partial charge in [0.15, 0.2) is 0 Å². The highest BCUT2D eigenvalue weighted by molar-refractivity contribution is 14.1. The number of pyridine rings is 1. The van der Waals surface area contributed by atoms with E-state index < -0.39 is 0 Å². The van der Waals surface area contributed by atoms with Gasteiger partial charge in [0.25, 0.3) is 5.56 Å². The van der Waals surface area contributed by atoms with Crippen molar-refractivity contribution in [3.63, 3.8) is 0 Å². The second kappa shape index (κ2) is 4.49. The van der Waals surface area contributed by atoms with Gasteiger partial charge in [0.2, 0.25) is 0 Å². The highest BCUT2D eigenvalue weighted by atomic mass is 127. The molecule has 0 radical (unpaired) electrons. The molecule has 88 valence electrons. The molecule has 0 aliphatic carbocycles. The van der Waals surface area contributed by atoms with Crippen molar-refractivity contribution >= 4 is 22.6 Å². The number of rotatable bonds is 2. The highest BCUT2D eigenvalue weighted by Crippen LogP contribution is 2.29. The van der Waals surface area contributed by atoms with Crippen LogP contribution in [0, 0.1) is 3.57 Å². The summed E-state index contributed by atoms with van der Waals surface area (Å²) in [5, 5.41) is 0. The van der Waals surface area contributed by atoms with E-state index in [1.807, 2.05) is 12.3 Å². The minimum Gasteiger partial charge on any atom is -0.370 e. The van der Waals surface area contributed by atoms with E-state index >= 15 is 0 Å². The maximum Gasteiger partial charge on any atom is 0.250 e. The van der Waals surface area contributed by atoms with E-state index in [9.17, 15) is 4.79 Å². The Balaban J connectivity index is 2.10. The van der Waals surface area contributed by atoms with Gasteiger partial charge in [-0.1, -0.05) is 0 Å². The topological polar surface area (TPSA) is 31.2 Å². The van der Waals surface area contributed by atoms with Gasteiger partial charge in [-0.2, -0.15) is 0 Å². The first-order valence-electron chi connectivity index (χ1n) is 5.50. The zero-order valence-electron chi connectivity index (χ0n) is 9.57. The largest absolute Gasteiger partial charge is 0.370 e. The fourth-order valence-electron chi connectivity index (χ4n) is 2.07. The van der Waals surface area contributed by atoms with Gasteiger partial charge in [-0.15, -0.1) is 0 Å². The van der Waals surface area contributed by atoms with Crippen molar-refractivity contribution in [1.82, 2.24) is 4.57 Å². The molecule has 3 nitrogen and oxygen atoms in total. The molecule has 0 bridgehead atoms. The molecule has 1 atom stereocenters. The number of hydrogen-bond donors (Lipinski definition) is 0. The third-order valence-corrected chi connectivity index (χ3v) is 3.54. The molecule has 1 saturated heterocycles. The molecular weight excluding hydrogens is 317 g/mol. The molecule has 2 rings (SSSR count). The van der Waals surface area contributed by atoms with Crippen LogP contribution in [0.25, 0.3) is 0 Å². The molecule has 1 aliphatic heterocycles. The Morgan fingerprint density at radius 2 is 2.31 bits per heavy atom. The maximum atomic E-state index is 11.6. The lowest BCUT2D eigenvalue weighted by molar-refractivity contribution is -0.0220. The molecule has 1 aromatic rings. The molecule has 2 heterocycles. The standard InChI is InChI=1S/C12H16INO2/c1-12(2)6-5-10(16-12)8-14-7-9(13)3-4-11(14)15/h3-4,7,10H,5-6,8H2,1-2H3. The fraction of sp³-hybridized carbons (Fsp3) is 0.583. The SMILES string of the molecule is CC1(C)CCC(Cn2cc(I)ccc2=O)O1. The Bertz CT molecular complexity index is 439. The number of nitrogens with zero attached hydrogens (tertiary/aromatic N) is 1. The average Bonchev–Trinajstić information content (AvgIpc) is 2.52. The number of ether oxygens (including phenoxy) is 1. The monoisotopic (exact) mass is 333 g/mol. The second-order valence-corrected chi connectivity index (χ2v) is 6.12. The van der Waals surface area contributed by atoms with Crippen molar-refractivity contribution in [2.24, 2.45) is 0 Å². The molecule has 0 spiro atoms. The first-order chi connectivity index (χ1) is 7.46. The molecule has 0 N–H and O–H groups in total. The van der Waals surface area contributed by atoms with Crippen molar-refractivity contribution in [2.75, 3.05) is 0 Å². The molecule has 0 saturated carbocycles. The number of hydrogen-bond acceptors (Lipinski definition) is 2. The molecule has 1 aromatic heterocycles. The Morgan fingerprint density at radius 3 is 2.94 bits per heavy atom. The smallest absolute Gasteiger partial charge is 0.250 e. The van der Waals surface area contributed by atoms with E-state index in [-0.39, 0.29) is 17.3 Å². The van der Waals surface area contributed by atoms with Crippen molar-refractivity contribution in [1.29, 1.82) is 0 Å². The number of halogens is 1. The molecule has 0 amide bonds. The minimum atomic E-state index is -0.0315. The number of aromatic nitrogens is 1. The minimum absolute atomic E-state index is 0.0315. The van der Waals surface area contributed by atoms with Crippen molar-refractivity contribution in [3.05, 3.63) is 32.3 Å². The highest BCUT2D eigenvalue weighted by Gasteiger charge is 2.31. The van der Waals surface area contributed by atoms with Crippen molar-refractivity contribution in [2.45, 2.75) is 44.9 Å². The van der Waals surface area contributed by atoms with E-state index in [1.54, 1.807) is 10.6 Å². The quantitative estimate of drug-likeness (QED) is 0.779. The summed E-state index contributed by atoms with van der Waals surface area (Å²) in [6, 6.07) is 3.45. The second-order valence-electron chi connectivity index (χ2n) is 4.88. The van der Waals surface area contributed by atoms with E-state index in [0.29, 0.717) is 6.54 Å². The van der Waals surface area contributed by atoms with Gasteiger partial charge in [-0.3, -0.25) is 4.79 Å². The molecule has 1 unspecified atom stereocenters. The van der Waals surface area contributed by atoms with Crippen LogP contribution in [0.1, 0.15) is 26.7 Å². The summed E-state index contributed by atoms with van der Waals surface area (Å²) in [5.41, 5.74) is 0.0182. The van der Waals surface area contributed by atoms with Crippen LogP contribution < -0.4 is 5.56 Å². The lowest BCUT2D eigenvalue weighted by Crippen LogP contribution is -2.28. The Morgan fingerprint density at radius 1 is 1.56 bits per heavy atom. The first kappa shape index (κ1) is 12.1. The Kier molecular flexibility index (Phi) is 3.39. The summed E-state index contributed by atoms with van der Waals surface area (Å²) in [6.45, 7) is 4.87. The lowest BCUT2D eigenvalue weighted by Gasteiger charge is -2.19. The van der Waals surface area contributed by atoms with Gasteiger partial charge in [0.05, 0.1) is 18.2 Å². The summed E-state index contributed by atoms with van der Waals surface area (Å²) >= 11 is 2.21. The lowest BCUT2D eigenvalue weighted by atomic mass is 10.1. The average molecular weight is 333 g/mol. The molecule has 4 heteroatoms. The van der Waals surface area contributed by atoms with Crippen LogP contribution in [-0.4, -0.2) is 16.3 Å². The zero-order valence-corrected chi connectivity index (χ0v) is 11.7. The molecule has 1 aliphatic rings. The molecule has 1 fully saturated rings. The van der Waals surface area contributed by atoms with Gasteiger partial charge >= 0.3 is 0 Å². The van der Waals surface area contributed by atoms with Gasteiger partial charge in [0.1, 0.15) is 0 Å². The molecule has 0 aromatic carbocycles. The van der Waals surface area contributed by atoms with E-state index in [1.165, 1.54) is 0 Å². The summed E-state index contributed by atoms with van der Waals surface area (Å²) in [6.07, 6.45) is 4.16. The zero-order chi connectivity index (χ0) is 11.8. The van der Waals surface area contributed by atoms with Crippen LogP contribution in [0.3, 0.4) is 0 Å². The summed E-state index contributed by atoms with van der Waals surface area (Å²) in [7, 11) is 0. The van der Waals surface area contributed by atoms with Gasteiger partial charge in [0, 0.05) is 15.8 Å². The normalized spacial score (nSPS) is 23.6. The predicted octanol–water partition coefficient (Wildman–Crippen LogP) is 2.41. The van der Waals surface area contributed by atoms with Crippen molar-refractivity contribution in [3.8, 4) is 0 Å². The fourth-order valence-corrected chi connectivity index (χ4v) is 2.59. The van der Waals surface area contributed by atoms with Crippen LogP contribution in [0.15, 0.2) is 23.1 Å². The molecule has 16 heavy (non-hydrogen) atoms. The van der Waals surface area contributed by atoms with Gasteiger partial charge in [-0.25, -0.2) is 0 Å². The van der Waals surface area contributed by atoms with Crippen LogP contribution in [0.2, 0.25) is 0 Å². The van der Waals surface area contributed by atoms with E-state index in [2.05, 4.69) is 36.4 Å². The van der Waals surface area contributed by atoms with E-state index in [0.717, 1.165) is 16.4 Å². The van der Waals surface area contributed by atoms with Gasteiger partial charge in [-0.05, 0) is 55.3 Å². The maximum absolute atomic E-state index is 11.6. The van der Waals surface area contributed by atoms with Crippen LogP contribution in [0.5, 0.6) is 0 Å². The van der Waals surface area contributed by atoms with Crippen LogP contribution >= 0.6 is 22.6 Å². The van der Waals surface area contributed by atoms with Crippen molar-refractivity contribution < 1.29 is 4.74 Å². The third-order valence-electron chi connectivity index (χ3n) is 2.90. The Labute approximate surface area is 109 Å². The van der Waals surface area contributed by atoms with Crippen LogP contribution in [-0.2, 0) is 11.3 Å². The summed E-state index contributed by atoms with van der Waals surface area (Å²) < 4.78 is 8.71. The summed E-state index contributed by atoms with van der Waals surface area (Å²) in [4.78, 5) is 11.6.